The predicted octanol–water partition coefficient (Wildman–Crippen LogP) is 8.61. The normalized spacial score (nSPS) is 27.6. The third-order valence-electron chi connectivity index (χ3n) is 13.4. The summed E-state index contributed by atoms with van der Waals surface area (Å²) in [5.74, 6) is -0.481. The highest BCUT2D eigenvalue weighted by molar-refractivity contribution is 5.03. The molecule has 3 N–H and O–H groups in total. The summed E-state index contributed by atoms with van der Waals surface area (Å²) in [6.07, 6.45) is 16.3. The molecule has 0 spiro atoms. The highest BCUT2D eigenvalue weighted by atomic mass is 15.8. The second-order valence-corrected chi connectivity index (χ2v) is 17.9. The van der Waals surface area contributed by atoms with E-state index in [-0.39, 0.29) is 32.9 Å². The highest BCUT2D eigenvalue weighted by Gasteiger charge is 2.53. The number of nitrogens with one attached hydrogen (secondary N) is 3. The average Bonchev–Trinajstić information content (AvgIpc) is 2.86. The maximum absolute atomic E-state index is 4.27. The summed E-state index contributed by atoms with van der Waals surface area (Å²) < 4.78 is 0. The minimum atomic E-state index is -0.481. The first-order valence-electron chi connectivity index (χ1n) is 17.9. The molecule has 0 unspecified atom stereocenters. The van der Waals surface area contributed by atoms with Gasteiger partial charge in [-0.15, -0.1) is 0 Å². The fourth-order valence-electron chi connectivity index (χ4n) is 7.58. The van der Waals surface area contributed by atoms with E-state index in [9.17, 15) is 0 Å². The first-order chi connectivity index (χ1) is 19.2. The Morgan fingerprint density at radius 2 is 0.786 bits per heavy atom. The van der Waals surface area contributed by atoms with Gasteiger partial charge in [0.25, 0.3) is 0 Å². The summed E-state index contributed by atoms with van der Waals surface area (Å²) in [7, 11) is 0. The standard InChI is InChI=1S/C36H74N6/c1-14-15-16-17-18-19-26-36(37-40-27-20-23-30(2,3)33(40,8)9,38-41-28-21-24-31(4,5)34(41,10)11)39-42-29-22-25-32(6,7)35(42,12)13/h37-39H,14-29H2,1-13H3. The zero-order valence-corrected chi connectivity index (χ0v) is 30.7. The summed E-state index contributed by atoms with van der Waals surface area (Å²) in [5, 5.41) is 7.83. The van der Waals surface area contributed by atoms with E-state index in [0.717, 1.165) is 26.1 Å². The number of rotatable bonds is 13. The van der Waals surface area contributed by atoms with E-state index in [1.54, 1.807) is 0 Å². The van der Waals surface area contributed by atoms with Gasteiger partial charge in [-0.2, -0.15) is 0 Å². The molecule has 0 aromatic carbocycles. The van der Waals surface area contributed by atoms with Gasteiger partial charge in [-0.05, 0) is 109 Å². The highest BCUT2D eigenvalue weighted by Crippen LogP contribution is 2.46. The van der Waals surface area contributed by atoms with Gasteiger partial charge in [-0.25, -0.2) is 31.3 Å². The first kappa shape index (κ1) is 36.2. The van der Waals surface area contributed by atoms with Gasteiger partial charge < -0.3 is 0 Å². The van der Waals surface area contributed by atoms with E-state index in [2.05, 4.69) is 121 Å². The van der Waals surface area contributed by atoms with E-state index < -0.39 is 5.79 Å². The van der Waals surface area contributed by atoms with E-state index in [1.807, 2.05) is 0 Å². The predicted molar refractivity (Wildman–Crippen MR) is 182 cm³/mol. The molecular formula is C36H74N6. The number of unbranched alkanes of at least 4 members (excludes halogenated alkanes) is 5. The maximum Gasteiger partial charge on any atom is 0.161 e. The molecule has 0 aromatic heterocycles. The van der Waals surface area contributed by atoms with Crippen molar-refractivity contribution >= 4 is 0 Å². The fourth-order valence-corrected chi connectivity index (χ4v) is 7.58. The number of piperidine rings is 3. The summed E-state index contributed by atoms with van der Waals surface area (Å²) in [6.45, 7) is 35.0. The molecule has 3 heterocycles. The molecular weight excluding hydrogens is 516 g/mol. The third kappa shape index (κ3) is 7.41. The summed E-state index contributed by atoms with van der Waals surface area (Å²) in [5.41, 5.74) is 13.6. The van der Waals surface area contributed by atoms with Crippen molar-refractivity contribution < 1.29 is 0 Å². The zero-order valence-electron chi connectivity index (χ0n) is 30.7. The maximum atomic E-state index is 4.27. The van der Waals surface area contributed by atoms with Crippen molar-refractivity contribution in [1.82, 2.24) is 31.3 Å². The Kier molecular flexibility index (Phi) is 11.4. The van der Waals surface area contributed by atoms with Crippen LogP contribution in [0.5, 0.6) is 0 Å². The second-order valence-electron chi connectivity index (χ2n) is 17.9. The summed E-state index contributed by atoms with van der Waals surface area (Å²) >= 11 is 0. The van der Waals surface area contributed by atoms with Crippen LogP contribution in [0.3, 0.4) is 0 Å². The van der Waals surface area contributed by atoms with E-state index in [0.29, 0.717) is 0 Å². The van der Waals surface area contributed by atoms with Crippen LogP contribution in [-0.2, 0) is 0 Å². The smallest absolute Gasteiger partial charge is 0.161 e. The Labute approximate surface area is 262 Å². The largest absolute Gasteiger partial charge is 0.236 e. The van der Waals surface area contributed by atoms with Crippen molar-refractivity contribution in [1.29, 1.82) is 0 Å². The third-order valence-corrected chi connectivity index (χ3v) is 13.4. The van der Waals surface area contributed by atoms with Gasteiger partial charge >= 0.3 is 0 Å². The number of hydrogen-bond acceptors (Lipinski definition) is 6. The molecule has 3 rings (SSSR count). The Balaban J connectivity index is 2.04. The van der Waals surface area contributed by atoms with Crippen molar-refractivity contribution in [3.8, 4) is 0 Å². The van der Waals surface area contributed by atoms with Gasteiger partial charge in [0.05, 0.1) is 0 Å². The lowest BCUT2D eigenvalue weighted by Gasteiger charge is -2.61. The molecule has 0 amide bonds. The van der Waals surface area contributed by atoms with Gasteiger partial charge in [0.15, 0.2) is 5.79 Å². The van der Waals surface area contributed by atoms with Crippen LogP contribution in [0.4, 0.5) is 0 Å². The van der Waals surface area contributed by atoms with Gasteiger partial charge in [0.1, 0.15) is 0 Å². The Morgan fingerprint density at radius 3 is 1.12 bits per heavy atom. The number of nitrogens with zero attached hydrogens (tertiary/aromatic N) is 3. The molecule has 248 valence electrons. The van der Waals surface area contributed by atoms with Crippen LogP contribution in [0.1, 0.15) is 173 Å². The SMILES string of the molecule is CCCCCCCCC(NN1CCCC(C)(C)C1(C)C)(NN1CCCC(C)(C)C1(C)C)NN1CCCC(C)(C)C1(C)C. The van der Waals surface area contributed by atoms with Gasteiger partial charge in [-0.3, -0.25) is 0 Å². The molecule has 42 heavy (non-hydrogen) atoms. The van der Waals surface area contributed by atoms with E-state index in [4.69, 9.17) is 0 Å². The lowest BCUT2D eigenvalue weighted by atomic mass is 9.68. The quantitative estimate of drug-likeness (QED) is 0.147. The first-order valence-corrected chi connectivity index (χ1v) is 17.9. The zero-order chi connectivity index (χ0) is 31.7. The van der Waals surface area contributed by atoms with Crippen LogP contribution in [0.2, 0.25) is 0 Å². The van der Waals surface area contributed by atoms with Crippen molar-refractivity contribution in [2.24, 2.45) is 16.2 Å². The molecule has 0 atom stereocenters. The van der Waals surface area contributed by atoms with E-state index >= 15 is 0 Å². The van der Waals surface area contributed by atoms with Crippen molar-refractivity contribution in [3.63, 3.8) is 0 Å². The van der Waals surface area contributed by atoms with Gasteiger partial charge in [0, 0.05) is 36.3 Å². The minimum Gasteiger partial charge on any atom is -0.236 e. The molecule has 3 saturated heterocycles. The average molecular weight is 591 g/mol. The van der Waals surface area contributed by atoms with E-state index in [1.165, 1.54) is 77.0 Å². The lowest BCUT2D eigenvalue weighted by molar-refractivity contribution is -0.182. The molecule has 3 fully saturated rings. The number of hydrogen-bond donors (Lipinski definition) is 3. The Hall–Kier alpha value is -0.240. The summed E-state index contributed by atoms with van der Waals surface area (Å²) in [6, 6.07) is 0. The van der Waals surface area contributed by atoms with Gasteiger partial charge in [-0.1, -0.05) is 80.6 Å². The molecule has 6 heteroatoms. The van der Waals surface area contributed by atoms with Crippen LogP contribution < -0.4 is 16.3 Å². The van der Waals surface area contributed by atoms with Crippen LogP contribution in [0, 0.1) is 16.2 Å². The van der Waals surface area contributed by atoms with Crippen LogP contribution in [0.15, 0.2) is 0 Å². The molecule has 0 radical (unpaired) electrons. The minimum absolute atomic E-state index is 0.0222. The second kappa shape index (κ2) is 13.2. The van der Waals surface area contributed by atoms with Crippen LogP contribution >= 0.6 is 0 Å². The molecule has 0 saturated carbocycles. The molecule has 0 aliphatic carbocycles. The topological polar surface area (TPSA) is 45.8 Å². The Bertz CT molecular complexity index is 759. The fraction of sp³-hybridized carbons (Fsp3) is 1.00. The molecule has 0 bridgehead atoms. The molecule has 6 nitrogen and oxygen atoms in total. The number of hydrazine groups is 3. The van der Waals surface area contributed by atoms with Crippen molar-refractivity contribution in [3.05, 3.63) is 0 Å². The van der Waals surface area contributed by atoms with Crippen LogP contribution in [0.25, 0.3) is 0 Å². The molecule has 3 aliphatic heterocycles. The van der Waals surface area contributed by atoms with Crippen molar-refractivity contribution in [2.75, 3.05) is 19.6 Å². The molecule has 3 aliphatic rings. The summed E-state index contributed by atoms with van der Waals surface area (Å²) in [4.78, 5) is 0. The van der Waals surface area contributed by atoms with Crippen LogP contribution in [-0.4, -0.2) is 57.1 Å². The van der Waals surface area contributed by atoms with Gasteiger partial charge in [0.2, 0.25) is 0 Å². The molecule has 0 aromatic rings. The monoisotopic (exact) mass is 591 g/mol. The van der Waals surface area contributed by atoms with Crippen molar-refractivity contribution in [2.45, 2.75) is 196 Å². The Morgan fingerprint density at radius 1 is 0.476 bits per heavy atom. The lowest BCUT2D eigenvalue weighted by Crippen LogP contribution is -2.83.